The first kappa shape index (κ1) is 8.91. The van der Waals surface area contributed by atoms with Gasteiger partial charge in [0.1, 0.15) is 12.1 Å². The van der Waals surface area contributed by atoms with E-state index in [1.807, 2.05) is 26.0 Å². The summed E-state index contributed by atoms with van der Waals surface area (Å²) in [5.41, 5.74) is 1.98. The Morgan fingerprint density at radius 3 is 2.78 bits per heavy atom. The minimum absolute atomic E-state index is 0.0348. The molecule has 0 aliphatic heterocycles. The van der Waals surface area contributed by atoms with Crippen LogP contribution in [-0.2, 0) is 0 Å². The van der Waals surface area contributed by atoms with E-state index in [0.717, 1.165) is 5.56 Å². The lowest BCUT2D eigenvalue weighted by molar-refractivity contribution is 0.397. The van der Waals surface area contributed by atoms with Crippen molar-refractivity contribution < 1.29 is 14.0 Å². The molecule has 1 aromatic heterocycles. The van der Waals surface area contributed by atoms with E-state index in [-0.39, 0.29) is 17.5 Å². The van der Waals surface area contributed by atoms with Crippen molar-refractivity contribution in [2.45, 2.75) is 19.8 Å². The SMILES string of the molecule is [2H]C([2H])([2H])Oc1cc(-c2ccc(C(C)C)c(O)c2)ncn1. The number of ether oxygens (including phenoxy) is 1. The average Bonchev–Trinajstić information content (AvgIpc) is 2.36. The maximum atomic E-state index is 10.0. The standard InChI is InChI=1S/C14H16N2O2/c1-9(2)11-5-4-10(6-13(11)17)12-7-14(18-3)16-8-15-12/h4-9,17H,1-3H3/i3D3. The summed E-state index contributed by atoms with van der Waals surface area (Å²) < 4.78 is 25.9. The van der Waals surface area contributed by atoms with Crippen LogP contribution in [0.4, 0.5) is 0 Å². The Kier molecular flexibility index (Phi) is 2.50. The molecule has 0 spiro atoms. The van der Waals surface area contributed by atoms with Crippen LogP contribution < -0.4 is 4.74 Å². The van der Waals surface area contributed by atoms with E-state index < -0.39 is 7.04 Å². The molecular formula is C14H16N2O2. The number of benzene rings is 1. The van der Waals surface area contributed by atoms with Crippen LogP contribution in [0, 0.1) is 0 Å². The second kappa shape index (κ2) is 5.04. The van der Waals surface area contributed by atoms with Gasteiger partial charge in [0.2, 0.25) is 5.88 Å². The normalized spacial score (nSPS) is 13.8. The Balaban J connectivity index is 2.34. The van der Waals surface area contributed by atoms with E-state index in [2.05, 4.69) is 9.97 Å². The molecule has 2 rings (SSSR count). The minimum atomic E-state index is -2.56. The van der Waals surface area contributed by atoms with Gasteiger partial charge < -0.3 is 9.84 Å². The lowest BCUT2D eigenvalue weighted by atomic mass is 9.99. The monoisotopic (exact) mass is 247 g/mol. The highest BCUT2D eigenvalue weighted by atomic mass is 16.5. The predicted molar refractivity (Wildman–Crippen MR) is 69.8 cm³/mol. The number of rotatable bonds is 3. The summed E-state index contributed by atoms with van der Waals surface area (Å²) in [5, 5.41) is 10.0. The fraction of sp³-hybridized carbons (Fsp3) is 0.286. The number of hydrogen-bond donors (Lipinski definition) is 1. The molecule has 2 aromatic rings. The molecular weight excluding hydrogens is 228 g/mol. The molecule has 94 valence electrons. The third-order valence-corrected chi connectivity index (χ3v) is 2.69. The molecule has 4 heteroatoms. The molecule has 1 N–H and O–H groups in total. The van der Waals surface area contributed by atoms with Gasteiger partial charge in [-0.1, -0.05) is 26.0 Å². The van der Waals surface area contributed by atoms with E-state index >= 15 is 0 Å². The van der Waals surface area contributed by atoms with Gasteiger partial charge in [-0.2, -0.15) is 0 Å². The summed E-state index contributed by atoms with van der Waals surface area (Å²) in [7, 11) is -2.56. The highest BCUT2D eigenvalue weighted by molar-refractivity contribution is 5.63. The van der Waals surface area contributed by atoms with Gasteiger partial charge in [-0.3, -0.25) is 0 Å². The molecule has 0 aliphatic carbocycles. The molecule has 1 heterocycles. The minimum Gasteiger partial charge on any atom is -0.508 e. The van der Waals surface area contributed by atoms with E-state index in [9.17, 15) is 5.11 Å². The fourth-order valence-electron chi connectivity index (χ4n) is 1.74. The summed E-state index contributed by atoms with van der Waals surface area (Å²) in [6.07, 6.45) is 1.23. The maximum Gasteiger partial charge on any atom is 0.216 e. The van der Waals surface area contributed by atoms with E-state index in [0.29, 0.717) is 11.3 Å². The zero-order valence-corrected chi connectivity index (χ0v) is 10.2. The highest BCUT2D eigenvalue weighted by Gasteiger charge is 2.09. The van der Waals surface area contributed by atoms with Crippen LogP contribution >= 0.6 is 0 Å². The highest BCUT2D eigenvalue weighted by Crippen LogP contribution is 2.30. The van der Waals surface area contributed by atoms with Crippen LogP contribution in [0.15, 0.2) is 30.6 Å². The summed E-state index contributed by atoms with van der Waals surface area (Å²) >= 11 is 0. The topological polar surface area (TPSA) is 55.2 Å². The van der Waals surface area contributed by atoms with Crippen LogP contribution in [0.2, 0.25) is 0 Å². The van der Waals surface area contributed by atoms with Crippen molar-refractivity contribution in [2.75, 3.05) is 7.04 Å². The largest absolute Gasteiger partial charge is 0.508 e. The van der Waals surface area contributed by atoms with Gasteiger partial charge >= 0.3 is 0 Å². The van der Waals surface area contributed by atoms with Crippen molar-refractivity contribution in [3.05, 3.63) is 36.2 Å². The molecule has 0 atom stereocenters. The third-order valence-electron chi connectivity index (χ3n) is 2.69. The van der Waals surface area contributed by atoms with Gasteiger partial charge in [0, 0.05) is 11.6 Å². The Morgan fingerprint density at radius 1 is 1.28 bits per heavy atom. The molecule has 0 unspecified atom stereocenters. The van der Waals surface area contributed by atoms with Crippen molar-refractivity contribution in [1.29, 1.82) is 0 Å². The smallest absolute Gasteiger partial charge is 0.216 e. The number of phenolic OH excluding ortho intramolecular Hbond substituents is 1. The first-order chi connectivity index (χ1) is 9.76. The van der Waals surface area contributed by atoms with Crippen LogP contribution in [-0.4, -0.2) is 22.1 Å². The van der Waals surface area contributed by atoms with Crippen LogP contribution in [0.3, 0.4) is 0 Å². The zero-order chi connectivity index (χ0) is 15.6. The van der Waals surface area contributed by atoms with Gasteiger partial charge in [0.05, 0.1) is 16.8 Å². The molecule has 0 aliphatic rings. The molecule has 0 amide bonds. The summed E-state index contributed by atoms with van der Waals surface area (Å²) in [6, 6.07) is 6.66. The Bertz CT molecular complexity index is 642. The van der Waals surface area contributed by atoms with Gasteiger partial charge in [0.25, 0.3) is 0 Å². The summed E-state index contributed by atoms with van der Waals surface area (Å²) in [4.78, 5) is 7.83. The second-order valence-corrected chi connectivity index (χ2v) is 4.27. The lowest BCUT2D eigenvalue weighted by Crippen LogP contribution is -1.92. The van der Waals surface area contributed by atoms with Gasteiger partial charge in [-0.05, 0) is 17.5 Å². The second-order valence-electron chi connectivity index (χ2n) is 4.27. The molecule has 0 fully saturated rings. The molecule has 1 aromatic carbocycles. The Morgan fingerprint density at radius 2 is 2.11 bits per heavy atom. The van der Waals surface area contributed by atoms with Gasteiger partial charge in [-0.15, -0.1) is 0 Å². The van der Waals surface area contributed by atoms with E-state index in [4.69, 9.17) is 8.85 Å². The molecule has 18 heavy (non-hydrogen) atoms. The van der Waals surface area contributed by atoms with Crippen molar-refractivity contribution in [3.8, 4) is 22.9 Å². The van der Waals surface area contributed by atoms with Crippen molar-refractivity contribution in [2.24, 2.45) is 0 Å². The molecule has 0 bridgehead atoms. The Labute approximate surface area is 111 Å². The first-order valence-electron chi connectivity index (χ1n) is 7.10. The maximum absolute atomic E-state index is 10.0. The van der Waals surface area contributed by atoms with E-state index in [1.165, 1.54) is 12.4 Å². The number of aromatic hydroxyl groups is 1. The third kappa shape index (κ3) is 2.42. The number of phenols is 1. The van der Waals surface area contributed by atoms with E-state index in [1.54, 1.807) is 6.07 Å². The van der Waals surface area contributed by atoms with Crippen molar-refractivity contribution in [3.63, 3.8) is 0 Å². The number of methoxy groups -OCH3 is 1. The molecule has 0 saturated heterocycles. The van der Waals surface area contributed by atoms with Crippen LogP contribution in [0.5, 0.6) is 11.6 Å². The summed E-state index contributed by atoms with van der Waals surface area (Å²) in [5.74, 6) is 0.353. The van der Waals surface area contributed by atoms with Crippen molar-refractivity contribution in [1.82, 2.24) is 9.97 Å². The predicted octanol–water partition coefficient (Wildman–Crippen LogP) is 2.98. The number of hydrogen-bond acceptors (Lipinski definition) is 4. The van der Waals surface area contributed by atoms with Crippen molar-refractivity contribution >= 4 is 0 Å². The molecule has 0 radical (unpaired) electrons. The quantitative estimate of drug-likeness (QED) is 0.906. The fourth-order valence-corrected chi connectivity index (χ4v) is 1.74. The zero-order valence-electron chi connectivity index (χ0n) is 13.2. The first-order valence-corrected chi connectivity index (χ1v) is 5.60. The van der Waals surface area contributed by atoms with Crippen LogP contribution in [0.1, 0.15) is 29.4 Å². The molecule has 0 saturated carbocycles. The molecule has 4 nitrogen and oxygen atoms in total. The van der Waals surface area contributed by atoms with Gasteiger partial charge in [0.15, 0.2) is 0 Å². The lowest BCUT2D eigenvalue weighted by Gasteiger charge is -2.10. The summed E-state index contributed by atoms with van der Waals surface area (Å²) in [6.45, 7) is 3.98. The number of nitrogens with zero attached hydrogens (tertiary/aromatic N) is 2. The van der Waals surface area contributed by atoms with Gasteiger partial charge in [-0.25, -0.2) is 9.97 Å². The Hall–Kier alpha value is -2.10. The average molecular weight is 247 g/mol. The van der Waals surface area contributed by atoms with Crippen LogP contribution in [0.25, 0.3) is 11.3 Å². The number of aromatic nitrogens is 2.